The van der Waals surface area contributed by atoms with Crippen LogP contribution in [0.2, 0.25) is 10.2 Å². The summed E-state index contributed by atoms with van der Waals surface area (Å²) in [5.41, 5.74) is 7.01. The van der Waals surface area contributed by atoms with Crippen molar-refractivity contribution in [2.75, 3.05) is 5.73 Å². The minimum atomic E-state index is -0.343. The van der Waals surface area contributed by atoms with Crippen molar-refractivity contribution >= 4 is 45.7 Å². The van der Waals surface area contributed by atoms with Gasteiger partial charge in [-0.3, -0.25) is 4.79 Å². The van der Waals surface area contributed by atoms with Crippen LogP contribution in [0.4, 0.5) is 5.82 Å². The minimum Gasteiger partial charge on any atom is -0.383 e. The number of nitrogens with one attached hydrogen (secondary N) is 1. The van der Waals surface area contributed by atoms with E-state index in [-0.39, 0.29) is 16.6 Å². The lowest BCUT2D eigenvalue weighted by molar-refractivity contribution is 0.0950. The number of pyridine rings is 2. The van der Waals surface area contributed by atoms with Gasteiger partial charge in [-0.1, -0.05) is 35.3 Å². The smallest absolute Gasteiger partial charge is 0.254 e. The highest BCUT2D eigenvalue weighted by Crippen LogP contribution is 2.21. The third-order valence-electron chi connectivity index (χ3n) is 3.36. The van der Waals surface area contributed by atoms with Gasteiger partial charge in [0.25, 0.3) is 5.91 Å². The monoisotopic (exact) mass is 346 g/mol. The third kappa shape index (κ3) is 3.36. The Balaban J connectivity index is 1.79. The Kier molecular flexibility index (Phi) is 4.32. The summed E-state index contributed by atoms with van der Waals surface area (Å²) < 4.78 is 0. The van der Waals surface area contributed by atoms with Gasteiger partial charge in [0.1, 0.15) is 11.0 Å². The highest BCUT2D eigenvalue weighted by atomic mass is 35.5. The van der Waals surface area contributed by atoms with Crippen LogP contribution in [-0.2, 0) is 6.54 Å². The van der Waals surface area contributed by atoms with Gasteiger partial charge in [0, 0.05) is 24.3 Å². The SMILES string of the molecule is Nc1nccc2ccc(CNC(=O)c3cc(Cl)cnc3Cl)cc12. The summed E-state index contributed by atoms with van der Waals surface area (Å²) >= 11 is 11.8. The quantitative estimate of drug-likeness (QED) is 0.711. The third-order valence-corrected chi connectivity index (χ3v) is 3.87. The van der Waals surface area contributed by atoms with Crippen LogP contribution >= 0.6 is 23.2 Å². The number of nitrogens with zero attached hydrogens (tertiary/aromatic N) is 2. The van der Waals surface area contributed by atoms with Crippen LogP contribution in [0.5, 0.6) is 0 Å². The van der Waals surface area contributed by atoms with E-state index in [9.17, 15) is 4.79 Å². The fourth-order valence-corrected chi connectivity index (χ4v) is 2.55. The minimum absolute atomic E-state index is 0.110. The molecule has 2 heterocycles. The van der Waals surface area contributed by atoms with E-state index in [0.717, 1.165) is 16.3 Å². The predicted octanol–water partition coefficient (Wildman–Crippen LogP) is 3.45. The van der Waals surface area contributed by atoms with E-state index in [0.29, 0.717) is 17.4 Å². The number of fused-ring (bicyclic) bond motifs is 1. The molecule has 0 radical (unpaired) electrons. The van der Waals surface area contributed by atoms with Gasteiger partial charge in [0.2, 0.25) is 0 Å². The first-order valence-corrected chi connectivity index (χ1v) is 7.52. The van der Waals surface area contributed by atoms with Crippen LogP contribution in [0.3, 0.4) is 0 Å². The number of amides is 1. The molecule has 0 fully saturated rings. The highest BCUT2D eigenvalue weighted by molar-refractivity contribution is 6.34. The summed E-state index contributed by atoms with van der Waals surface area (Å²) in [4.78, 5) is 20.1. The van der Waals surface area contributed by atoms with Crippen LogP contribution in [-0.4, -0.2) is 15.9 Å². The summed E-state index contributed by atoms with van der Waals surface area (Å²) in [5.74, 6) is 0.113. The molecular weight excluding hydrogens is 335 g/mol. The predicted molar refractivity (Wildman–Crippen MR) is 91.6 cm³/mol. The van der Waals surface area contributed by atoms with Crippen molar-refractivity contribution in [1.82, 2.24) is 15.3 Å². The normalized spacial score (nSPS) is 10.7. The number of aromatic nitrogens is 2. The number of carbonyl (C=O) groups is 1. The number of nitrogens with two attached hydrogens (primary N) is 1. The first kappa shape index (κ1) is 15.5. The van der Waals surface area contributed by atoms with Crippen LogP contribution in [0, 0.1) is 0 Å². The maximum absolute atomic E-state index is 12.2. The number of nitrogen functional groups attached to an aromatic ring is 1. The molecule has 23 heavy (non-hydrogen) atoms. The number of carbonyl (C=O) groups excluding carboxylic acids is 1. The Morgan fingerprint density at radius 3 is 2.83 bits per heavy atom. The van der Waals surface area contributed by atoms with Gasteiger partial charge in [-0.25, -0.2) is 9.97 Å². The van der Waals surface area contributed by atoms with Gasteiger partial charge in [-0.05, 0) is 29.1 Å². The summed E-state index contributed by atoms with van der Waals surface area (Å²) in [6.07, 6.45) is 3.05. The molecule has 1 aromatic carbocycles. The maximum Gasteiger partial charge on any atom is 0.254 e. The van der Waals surface area contributed by atoms with E-state index in [2.05, 4.69) is 15.3 Å². The number of hydrogen-bond donors (Lipinski definition) is 2. The van der Waals surface area contributed by atoms with Crippen LogP contribution in [0.15, 0.2) is 42.7 Å². The van der Waals surface area contributed by atoms with Crippen LogP contribution in [0.25, 0.3) is 10.8 Å². The summed E-state index contributed by atoms with van der Waals surface area (Å²) in [6.45, 7) is 0.325. The molecule has 1 amide bonds. The van der Waals surface area contributed by atoms with Crippen molar-refractivity contribution in [3.63, 3.8) is 0 Å². The second-order valence-electron chi connectivity index (χ2n) is 4.93. The second kappa shape index (κ2) is 6.40. The molecule has 0 aliphatic heterocycles. The van der Waals surface area contributed by atoms with E-state index in [1.165, 1.54) is 12.3 Å². The molecule has 0 saturated heterocycles. The Morgan fingerprint density at radius 2 is 2.00 bits per heavy atom. The molecule has 0 unspecified atom stereocenters. The zero-order valence-electron chi connectivity index (χ0n) is 11.9. The molecule has 3 aromatic rings. The number of anilines is 1. The van der Waals surface area contributed by atoms with Gasteiger partial charge < -0.3 is 11.1 Å². The first-order chi connectivity index (χ1) is 11.0. The van der Waals surface area contributed by atoms with E-state index in [1.807, 2.05) is 24.3 Å². The fraction of sp³-hybridized carbons (Fsp3) is 0.0625. The lowest BCUT2D eigenvalue weighted by Gasteiger charge is -2.08. The van der Waals surface area contributed by atoms with Gasteiger partial charge in [0.05, 0.1) is 10.6 Å². The summed E-state index contributed by atoms with van der Waals surface area (Å²) in [5, 5.41) is 5.09. The number of rotatable bonds is 3. The maximum atomic E-state index is 12.2. The van der Waals surface area contributed by atoms with Crippen LogP contribution in [0.1, 0.15) is 15.9 Å². The molecule has 0 aliphatic carbocycles. The molecule has 116 valence electrons. The van der Waals surface area contributed by atoms with Crippen molar-refractivity contribution in [3.05, 3.63) is 64.0 Å². The molecule has 5 nitrogen and oxygen atoms in total. The van der Waals surface area contributed by atoms with Gasteiger partial charge in [0.15, 0.2) is 0 Å². The average molecular weight is 347 g/mol. The molecule has 0 bridgehead atoms. The Labute approximate surface area is 142 Å². The second-order valence-corrected chi connectivity index (χ2v) is 5.72. The standard InChI is InChI=1S/C16H12Cl2N4O/c17-11-6-13(14(18)21-8-11)16(23)22-7-9-1-2-10-3-4-20-15(19)12(10)5-9/h1-6,8H,7H2,(H2,19,20)(H,22,23). The van der Waals surface area contributed by atoms with Gasteiger partial charge in [-0.2, -0.15) is 0 Å². The first-order valence-electron chi connectivity index (χ1n) is 6.77. The molecule has 0 saturated carbocycles. The Hall–Kier alpha value is -2.37. The highest BCUT2D eigenvalue weighted by Gasteiger charge is 2.12. The zero-order chi connectivity index (χ0) is 16.4. The topological polar surface area (TPSA) is 80.9 Å². The number of benzene rings is 1. The van der Waals surface area contributed by atoms with E-state index in [1.54, 1.807) is 6.20 Å². The molecule has 7 heteroatoms. The fourth-order valence-electron chi connectivity index (χ4n) is 2.21. The molecular formula is C16H12Cl2N4O. The van der Waals surface area contributed by atoms with Crippen molar-refractivity contribution in [2.24, 2.45) is 0 Å². The van der Waals surface area contributed by atoms with E-state index >= 15 is 0 Å². The van der Waals surface area contributed by atoms with Gasteiger partial charge in [-0.15, -0.1) is 0 Å². The molecule has 3 rings (SSSR count). The van der Waals surface area contributed by atoms with Gasteiger partial charge >= 0.3 is 0 Å². The molecule has 3 N–H and O–H groups in total. The lowest BCUT2D eigenvalue weighted by atomic mass is 10.1. The number of halogens is 2. The van der Waals surface area contributed by atoms with Crippen molar-refractivity contribution in [2.45, 2.75) is 6.54 Å². The largest absolute Gasteiger partial charge is 0.383 e. The Morgan fingerprint density at radius 1 is 1.17 bits per heavy atom. The van der Waals surface area contributed by atoms with Crippen LogP contribution < -0.4 is 11.1 Å². The molecule has 0 spiro atoms. The Bertz CT molecular complexity index is 898. The van der Waals surface area contributed by atoms with E-state index in [4.69, 9.17) is 28.9 Å². The number of hydrogen-bond acceptors (Lipinski definition) is 4. The van der Waals surface area contributed by atoms with E-state index < -0.39 is 0 Å². The molecule has 0 aliphatic rings. The van der Waals surface area contributed by atoms with Crippen molar-refractivity contribution in [1.29, 1.82) is 0 Å². The lowest BCUT2D eigenvalue weighted by Crippen LogP contribution is -2.23. The zero-order valence-corrected chi connectivity index (χ0v) is 13.4. The summed E-state index contributed by atoms with van der Waals surface area (Å²) in [6, 6.07) is 9.11. The van der Waals surface area contributed by atoms with Crippen molar-refractivity contribution in [3.8, 4) is 0 Å². The summed E-state index contributed by atoms with van der Waals surface area (Å²) in [7, 11) is 0. The average Bonchev–Trinajstić information content (AvgIpc) is 2.55. The van der Waals surface area contributed by atoms with Crippen molar-refractivity contribution < 1.29 is 4.79 Å². The molecule has 0 atom stereocenters. The molecule has 2 aromatic heterocycles.